The van der Waals surface area contributed by atoms with Crippen molar-refractivity contribution in [2.45, 2.75) is 13.0 Å². The molecular formula is C18H18N2O3. The van der Waals surface area contributed by atoms with E-state index in [2.05, 4.69) is 11.4 Å². The van der Waals surface area contributed by atoms with Crippen molar-refractivity contribution < 1.29 is 14.3 Å². The highest BCUT2D eigenvalue weighted by molar-refractivity contribution is 5.91. The normalized spacial score (nSPS) is 16.3. The second-order valence-electron chi connectivity index (χ2n) is 5.63. The van der Waals surface area contributed by atoms with Crippen molar-refractivity contribution in [1.29, 1.82) is 0 Å². The molecule has 0 saturated carbocycles. The highest BCUT2D eigenvalue weighted by Gasteiger charge is 2.35. The average molecular weight is 310 g/mol. The largest absolute Gasteiger partial charge is 0.415 e. The molecule has 2 aromatic carbocycles. The van der Waals surface area contributed by atoms with Crippen molar-refractivity contribution in [1.82, 2.24) is 10.2 Å². The first-order valence-electron chi connectivity index (χ1n) is 7.44. The minimum absolute atomic E-state index is 0.153. The summed E-state index contributed by atoms with van der Waals surface area (Å²) in [5, 5.41) is 2.60. The molecule has 0 radical (unpaired) electrons. The van der Waals surface area contributed by atoms with Crippen molar-refractivity contribution in [2.24, 2.45) is 0 Å². The number of hydrogen-bond donors (Lipinski definition) is 1. The predicted octanol–water partition coefficient (Wildman–Crippen LogP) is 2.59. The smallest absolute Gasteiger partial charge is 0.410 e. The van der Waals surface area contributed by atoms with E-state index in [0.717, 1.165) is 11.1 Å². The fourth-order valence-electron chi connectivity index (χ4n) is 2.43. The molecule has 1 aliphatic heterocycles. The molecule has 3 rings (SSSR count). The van der Waals surface area contributed by atoms with Crippen LogP contribution in [-0.4, -0.2) is 36.5 Å². The zero-order chi connectivity index (χ0) is 16.4. The van der Waals surface area contributed by atoms with Gasteiger partial charge in [-0.05, 0) is 30.2 Å². The summed E-state index contributed by atoms with van der Waals surface area (Å²) in [4.78, 5) is 24.6. The lowest BCUT2D eigenvalue weighted by Crippen LogP contribution is -2.62. The highest BCUT2D eigenvalue weighted by atomic mass is 16.6. The van der Waals surface area contributed by atoms with E-state index in [0.29, 0.717) is 12.3 Å². The maximum absolute atomic E-state index is 12.0. The Morgan fingerprint density at radius 3 is 2.48 bits per heavy atom. The van der Waals surface area contributed by atoms with E-state index in [1.165, 1.54) is 10.5 Å². The van der Waals surface area contributed by atoms with Gasteiger partial charge in [0.05, 0.1) is 0 Å². The van der Waals surface area contributed by atoms with Crippen LogP contribution in [-0.2, 0) is 4.79 Å². The number of nitrogens with one attached hydrogen (secondary N) is 1. The fraction of sp³-hybridized carbons (Fsp3) is 0.222. The summed E-state index contributed by atoms with van der Waals surface area (Å²) in [7, 11) is 1.56. The number of nitrogens with zero attached hydrogens (tertiary/aromatic N) is 1. The number of amides is 2. The summed E-state index contributed by atoms with van der Waals surface area (Å²) in [6, 6.07) is 15.1. The van der Waals surface area contributed by atoms with Crippen LogP contribution in [0.25, 0.3) is 11.1 Å². The second kappa shape index (κ2) is 6.12. The van der Waals surface area contributed by atoms with Gasteiger partial charge < -0.3 is 10.1 Å². The molecule has 1 fully saturated rings. The topological polar surface area (TPSA) is 58.6 Å². The molecule has 5 heteroatoms. The molecule has 1 atom stereocenters. The van der Waals surface area contributed by atoms with Crippen LogP contribution in [0.3, 0.4) is 0 Å². The van der Waals surface area contributed by atoms with Gasteiger partial charge in [-0.15, -0.1) is 0 Å². The number of likely N-dealkylation sites (N-methyl/N-ethyl adjacent to an activating group) is 1. The number of aryl methyl sites for hydroxylation is 1. The molecule has 0 unspecified atom stereocenters. The Bertz CT molecular complexity index is 740. The van der Waals surface area contributed by atoms with Gasteiger partial charge in [-0.1, -0.05) is 42.0 Å². The van der Waals surface area contributed by atoms with E-state index < -0.39 is 12.1 Å². The maximum atomic E-state index is 12.0. The van der Waals surface area contributed by atoms with Crippen LogP contribution < -0.4 is 10.1 Å². The van der Waals surface area contributed by atoms with Gasteiger partial charge in [0, 0.05) is 13.6 Å². The molecule has 118 valence electrons. The van der Waals surface area contributed by atoms with Crippen LogP contribution in [0.2, 0.25) is 0 Å². The first-order valence-corrected chi connectivity index (χ1v) is 7.44. The van der Waals surface area contributed by atoms with Crippen LogP contribution in [0, 0.1) is 6.92 Å². The van der Waals surface area contributed by atoms with E-state index in [9.17, 15) is 9.59 Å². The van der Waals surface area contributed by atoms with Crippen LogP contribution >= 0.6 is 0 Å². The van der Waals surface area contributed by atoms with Crippen LogP contribution in [0.1, 0.15) is 5.56 Å². The maximum Gasteiger partial charge on any atom is 0.415 e. The van der Waals surface area contributed by atoms with E-state index >= 15 is 0 Å². The second-order valence-corrected chi connectivity index (χ2v) is 5.63. The molecular weight excluding hydrogens is 292 g/mol. The fourth-order valence-corrected chi connectivity index (χ4v) is 2.43. The Kier molecular flexibility index (Phi) is 4.02. The number of β-lactam (4-membered cyclic amide) rings is 1. The van der Waals surface area contributed by atoms with Gasteiger partial charge in [0.1, 0.15) is 11.8 Å². The van der Waals surface area contributed by atoms with Crippen molar-refractivity contribution >= 4 is 12.0 Å². The SMILES string of the molecule is Cc1cccc(-c2ccc(OC(=O)N(C)[C@H]3CNC3=O)cc2)c1. The molecule has 0 bridgehead atoms. The van der Waals surface area contributed by atoms with Crippen molar-refractivity contribution in [2.75, 3.05) is 13.6 Å². The monoisotopic (exact) mass is 310 g/mol. The van der Waals surface area contributed by atoms with Gasteiger partial charge >= 0.3 is 6.09 Å². The molecule has 0 aliphatic carbocycles. The van der Waals surface area contributed by atoms with Crippen molar-refractivity contribution in [3.63, 3.8) is 0 Å². The molecule has 1 aliphatic rings. The number of ether oxygens (including phenoxy) is 1. The summed E-state index contributed by atoms with van der Waals surface area (Å²) in [5.41, 5.74) is 3.37. The summed E-state index contributed by atoms with van der Waals surface area (Å²) in [5.74, 6) is 0.303. The number of hydrogen-bond acceptors (Lipinski definition) is 3. The lowest BCUT2D eigenvalue weighted by atomic mass is 10.0. The van der Waals surface area contributed by atoms with E-state index in [4.69, 9.17) is 4.74 Å². The van der Waals surface area contributed by atoms with E-state index in [-0.39, 0.29) is 5.91 Å². The van der Waals surface area contributed by atoms with Gasteiger partial charge in [-0.3, -0.25) is 9.69 Å². The molecule has 1 heterocycles. The lowest BCUT2D eigenvalue weighted by Gasteiger charge is -2.33. The lowest BCUT2D eigenvalue weighted by molar-refractivity contribution is -0.131. The molecule has 23 heavy (non-hydrogen) atoms. The summed E-state index contributed by atoms with van der Waals surface area (Å²) >= 11 is 0. The van der Waals surface area contributed by atoms with Gasteiger partial charge in [0.15, 0.2) is 0 Å². The Morgan fingerprint density at radius 2 is 1.91 bits per heavy atom. The first kappa shape index (κ1) is 15.1. The molecule has 5 nitrogen and oxygen atoms in total. The Hall–Kier alpha value is -2.82. The van der Waals surface area contributed by atoms with Crippen LogP contribution in [0.4, 0.5) is 4.79 Å². The molecule has 0 aromatic heterocycles. The quantitative estimate of drug-likeness (QED) is 0.887. The number of benzene rings is 2. The number of carbonyl (C=O) groups is 2. The van der Waals surface area contributed by atoms with Crippen molar-refractivity contribution in [3.8, 4) is 16.9 Å². The Balaban J connectivity index is 1.68. The number of rotatable bonds is 3. The molecule has 1 N–H and O–H groups in total. The summed E-state index contributed by atoms with van der Waals surface area (Å²) in [6.07, 6.45) is -0.534. The molecule has 2 amide bonds. The van der Waals surface area contributed by atoms with Crippen LogP contribution in [0.5, 0.6) is 5.75 Å². The average Bonchev–Trinajstić information content (AvgIpc) is 2.54. The third kappa shape index (κ3) is 3.18. The van der Waals surface area contributed by atoms with Crippen LogP contribution in [0.15, 0.2) is 48.5 Å². The molecule has 1 saturated heterocycles. The predicted molar refractivity (Wildman–Crippen MR) is 87.2 cm³/mol. The first-order chi connectivity index (χ1) is 11.0. The Morgan fingerprint density at radius 1 is 1.17 bits per heavy atom. The van der Waals surface area contributed by atoms with Gasteiger partial charge in [-0.2, -0.15) is 0 Å². The van der Waals surface area contributed by atoms with E-state index in [1.54, 1.807) is 19.2 Å². The standard InChI is InChI=1S/C18H18N2O3/c1-12-4-3-5-14(10-12)13-6-8-15(9-7-13)23-18(22)20(2)16-11-19-17(16)21/h3-10,16H,11H2,1-2H3,(H,19,21)/t16-/m0/s1. The minimum atomic E-state index is -0.534. The zero-order valence-electron chi connectivity index (χ0n) is 13.1. The van der Waals surface area contributed by atoms with Gasteiger partial charge in [0.25, 0.3) is 0 Å². The number of carbonyl (C=O) groups excluding carboxylic acids is 2. The van der Waals surface area contributed by atoms with Gasteiger partial charge in [-0.25, -0.2) is 4.79 Å². The third-order valence-electron chi connectivity index (χ3n) is 3.94. The summed E-state index contributed by atoms with van der Waals surface area (Å²) < 4.78 is 5.30. The third-order valence-corrected chi connectivity index (χ3v) is 3.94. The molecule has 2 aromatic rings. The van der Waals surface area contributed by atoms with E-state index in [1.807, 2.05) is 37.3 Å². The summed E-state index contributed by atoms with van der Waals surface area (Å²) in [6.45, 7) is 2.52. The Labute approximate surface area is 134 Å². The minimum Gasteiger partial charge on any atom is -0.410 e. The molecule has 0 spiro atoms. The van der Waals surface area contributed by atoms with Crippen molar-refractivity contribution in [3.05, 3.63) is 54.1 Å². The zero-order valence-corrected chi connectivity index (χ0v) is 13.1. The highest BCUT2D eigenvalue weighted by Crippen LogP contribution is 2.23. The van der Waals surface area contributed by atoms with Gasteiger partial charge in [0.2, 0.25) is 5.91 Å².